The first-order valence-electron chi connectivity index (χ1n) is 17.3. The van der Waals surface area contributed by atoms with E-state index in [1.54, 1.807) is 0 Å². The first kappa shape index (κ1) is 29.9. The van der Waals surface area contributed by atoms with Crippen molar-refractivity contribution in [2.75, 3.05) is 0 Å². The maximum atomic E-state index is 5.17. The molecule has 0 N–H and O–H groups in total. The van der Waals surface area contributed by atoms with E-state index in [-0.39, 0.29) is 5.41 Å². The second-order valence-corrected chi connectivity index (χ2v) is 14.0. The monoisotopic (exact) mass is 643 g/mol. The summed E-state index contributed by atoms with van der Waals surface area (Å²) in [4.78, 5) is 5.17. The Morgan fingerprint density at radius 3 is 1.22 bits per heavy atom. The van der Waals surface area contributed by atoms with Gasteiger partial charge in [-0.1, -0.05) is 154 Å². The molecule has 9 rings (SSSR count). The van der Waals surface area contributed by atoms with Crippen molar-refractivity contribution in [1.29, 1.82) is 0 Å². The van der Waals surface area contributed by atoms with Crippen LogP contribution in [-0.4, -0.2) is 14.1 Å². The summed E-state index contributed by atoms with van der Waals surface area (Å²) in [5.41, 5.74) is 13.8. The van der Waals surface area contributed by atoms with E-state index < -0.39 is 0 Å². The van der Waals surface area contributed by atoms with Gasteiger partial charge in [-0.25, -0.2) is 4.98 Å². The fourth-order valence-corrected chi connectivity index (χ4v) is 7.65. The number of nitrogens with zero attached hydrogens (tertiary/aromatic N) is 3. The molecule has 0 bridgehead atoms. The molecule has 0 saturated carbocycles. The van der Waals surface area contributed by atoms with Crippen LogP contribution in [0.25, 0.3) is 77.6 Å². The summed E-state index contributed by atoms with van der Waals surface area (Å²) < 4.78 is 4.79. The molecule has 50 heavy (non-hydrogen) atoms. The Kier molecular flexibility index (Phi) is 7.03. The minimum Gasteiger partial charge on any atom is -0.309 e. The average Bonchev–Trinajstić information content (AvgIpc) is 3.72. The van der Waals surface area contributed by atoms with Crippen molar-refractivity contribution in [2.45, 2.75) is 26.2 Å². The zero-order valence-corrected chi connectivity index (χ0v) is 28.5. The number of hydrogen-bond acceptors (Lipinski definition) is 1. The third-order valence-electron chi connectivity index (χ3n) is 9.83. The molecule has 2 aromatic heterocycles. The topological polar surface area (TPSA) is 22.8 Å². The van der Waals surface area contributed by atoms with E-state index in [2.05, 4.69) is 200 Å². The maximum Gasteiger partial charge on any atom is 0.119 e. The number of fused-ring (bicyclic) bond motifs is 4. The minimum absolute atomic E-state index is 0.158. The molecule has 3 nitrogen and oxygen atoms in total. The van der Waals surface area contributed by atoms with Gasteiger partial charge in [0.25, 0.3) is 0 Å². The van der Waals surface area contributed by atoms with Gasteiger partial charge in [-0.05, 0) is 58.7 Å². The molecular weight excluding hydrogens is 607 g/mol. The van der Waals surface area contributed by atoms with Crippen LogP contribution in [0.3, 0.4) is 0 Å². The van der Waals surface area contributed by atoms with Crippen molar-refractivity contribution in [3.63, 3.8) is 0 Å². The Bertz CT molecular complexity index is 2650. The summed E-state index contributed by atoms with van der Waals surface area (Å²) >= 11 is 0. The number of rotatable bonds is 5. The SMILES string of the molecule is CC(C)(C)c1nc2ccccc2n1-c1ccccc1-c1ccccc1-c1ccccc1-c1ccccc1-n1c2ccccc2c2ccccc21. The summed E-state index contributed by atoms with van der Waals surface area (Å²) in [6, 6.07) is 61.2. The molecule has 0 spiro atoms. The number of benzene rings is 7. The smallest absolute Gasteiger partial charge is 0.119 e. The first-order valence-corrected chi connectivity index (χ1v) is 17.3. The van der Waals surface area contributed by atoms with Gasteiger partial charge in [-0.2, -0.15) is 0 Å². The van der Waals surface area contributed by atoms with Crippen LogP contribution in [0.1, 0.15) is 26.6 Å². The largest absolute Gasteiger partial charge is 0.309 e. The fourth-order valence-electron chi connectivity index (χ4n) is 7.65. The van der Waals surface area contributed by atoms with Crippen LogP contribution >= 0.6 is 0 Å². The molecule has 0 aliphatic heterocycles. The summed E-state index contributed by atoms with van der Waals surface area (Å²) in [6.07, 6.45) is 0. The number of para-hydroxylation sites is 6. The molecule has 2 heterocycles. The summed E-state index contributed by atoms with van der Waals surface area (Å²) in [5, 5.41) is 2.52. The van der Waals surface area contributed by atoms with Crippen molar-refractivity contribution < 1.29 is 0 Å². The lowest BCUT2D eigenvalue weighted by Crippen LogP contribution is -2.18. The van der Waals surface area contributed by atoms with Gasteiger partial charge >= 0.3 is 0 Å². The Balaban J connectivity index is 1.28. The van der Waals surface area contributed by atoms with Gasteiger partial charge in [-0.3, -0.25) is 4.57 Å². The molecule has 0 unspecified atom stereocenters. The lowest BCUT2D eigenvalue weighted by molar-refractivity contribution is 0.539. The Labute approximate surface area is 292 Å². The van der Waals surface area contributed by atoms with Crippen LogP contribution in [-0.2, 0) is 5.41 Å². The second kappa shape index (κ2) is 11.7. The predicted octanol–water partition coefficient (Wildman–Crippen LogP) is 12.4. The summed E-state index contributed by atoms with van der Waals surface area (Å²) in [7, 11) is 0. The van der Waals surface area contributed by atoms with Crippen LogP contribution in [0.15, 0.2) is 170 Å². The van der Waals surface area contributed by atoms with Crippen LogP contribution < -0.4 is 0 Å². The van der Waals surface area contributed by atoms with Gasteiger partial charge in [0.15, 0.2) is 0 Å². The average molecular weight is 644 g/mol. The molecule has 9 aromatic rings. The van der Waals surface area contributed by atoms with Gasteiger partial charge in [0.2, 0.25) is 0 Å². The summed E-state index contributed by atoms with van der Waals surface area (Å²) in [5.74, 6) is 1.05. The highest BCUT2D eigenvalue weighted by atomic mass is 15.1. The van der Waals surface area contributed by atoms with E-state index in [1.807, 2.05) is 0 Å². The van der Waals surface area contributed by atoms with E-state index in [0.717, 1.165) is 28.2 Å². The van der Waals surface area contributed by atoms with Crippen molar-refractivity contribution in [3.05, 3.63) is 176 Å². The maximum absolute atomic E-state index is 5.17. The third kappa shape index (κ3) is 4.77. The highest BCUT2D eigenvalue weighted by Crippen LogP contribution is 2.43. The lowest BCUT2D eigenvalue weighted by Gasteiger charge is -2.23. The van der Waals surface area contributed by atoms with Crippen molar-refractivity contribution in [2.24, 2.45) is 0 Å². The zero-order chi connectivity index (χ0) is 33.8. The first-order chi connectivity index (χ1) is 24.5. The quantitative estimate of drug-likeness (QED) is 0.183. The Hall–Kier alpha value is -6.19. The van der Waals surface area contributed by atoms with Gasteiger partial charge in [-0.15, -0.1) is 0 Å². The van der Waals surface area contributed by atoms with E-state index in [1.165, 1.54) is 55.2 Å². The van der Waals surface area contributed by atoms with Gasteiger partial charge in [0.1, 0.15) is 5.82 Å². The molecule has 0 fully saturated rings. The zero-order valence-electron chi connectivity index (χ0n) is 28.5. The van der Waals surface area contributed by atoms with Gasteiger partial charge in [0, 0.05) is 27.3 Å². The van der Waals surface area contributed by atoms with Crippen molar-refractivity contribution in [3.8, 4) is 44.8 Å². The normalized spacial score (nSPS) is 11.9. The molecule has 0 saturated heterocycles. The third-order valence-corrected chi connectivity index (χ3v) is 9.83. The molecule has 0 atom stereocenters. The minimum atomic E-state index is -0.158. The van der Waals surface area contributed by atoms with Gasteiger partial charge < -0.3 is 4.57 Å². The standard InChI is InChI=1S/C47H37N3/c1-47(2,3)46-48-40-26-12-17-31-45(40)50(46)44-30-16-9-23-37(44)35-21-7-5-19-33(35)32-18-4-6-20-34(32)36-22-8-13-27-41(36)49-42-28-14-10-24-38(42)39-25-11-15-29-43(39)49/h4-31H,1-3H3. The predicted molar refractivity (Wildman–Crippen MR) is 210 cm³/mol. The Morgan fingerprint density at radius 2 is 0.720 bits per heavy atom. The lowest BCUT2D eigenvalue weighted by atomic mass is 9.88. The Morgan fingerprint density at radius 1 is 0.360 bits per heavy atom. The van der Waals surface area contributed by atoms with Gasteiger partial charge in [0.05, 0.1) is 33.4 Å². The molecule has 240 valence electrons. The fraction of sp³-hybridized carbons (Fsp3) is 0.0851. The van der Waals surface area contributed by atoms with E-state index >= 15 is 0 Å². The molecule has 0 amide bonds. The second-order valence-electron chi connectivity index (χ2n) is 14.0. The van der Waals surface area contributed by atoms with Crippen LogP contribution in [0.5, 0.6) is 0 Å². The molecule has 3 heteroatoms. The van der Waals surface area contributed by atoms with Crippen LogP contribution in [0.4, 0.5) is 0 Å². The van der Waals surface area contributed by atoms with E-state index in [0.29, 0.717) is 0 Å². The highest BCUT2D eigenvalue weighted by Gasteiger charge is 2.26. The van der Waals surface area contributed by atoms with E-state index in [4.69, 9.17) is 4.98 Å². The highest BCUT2D eigenvalue weighted by molar-refractivity contribution is 6.10. The molecule has 7 aromatic carbocycles. The van der Waals surface area contributed by atoms with Crippen LogP contribution in [0.2, 0.25) is 0 Å². The van der Waals surface area contributed by atoms with E-state index in [9.17, 15) is 0 Å². The van der Waals surface area contributed by atoms with Crippen LogP contribution in [0, 0.1) is 0 Å². The number of imidazole rings is 1. The van der Waals surface area contributed by atoms with Crippen molar-refractivity contribution >= 4 is 32.8 Å². The number of hydrogen-bond donors (Lipinski definition) is 0. The molecule has 0 aliphatic rings. The molecular formula is C47H37N3. The molecule has 0 aliphatic carbocycles. The number of aromatic nitrogens is 3. The summed E-state index contributed by atoms with van der Waals surface area (Å²) in [6.45, 7) is 6.73. The van der Waals surface area contributed by atoms with Crippen molar-refractivity contribution in [1.82, 2.24) is 14.1 Å². The molecule has 0 radical (unpaired) electrons.